The van der Waals surface area contributed by atoms with Crippen molar-refractivity contribution < 1.29 is 23.8 Å². The maximum absolute atomic E-state index is 12.8. The van der Waals surface area contributed by atoms with Crippen LogP contribution < -0.4 is 9.47 Å². The molecule has 0 atom stereocenters. The Morgan fingerprint density at radius 1 is 1.27 bits per heavy atom. The molecule has 0 bridgehead atoms. The van der Waals surface area contributed by atoms with E-state index < -0.39 is 0 Å². The summed E-state index contributed by atoms with van der Waals surface area (Å²) in [4.78, 5) is 26.3. The Hall–Kier alpha value is -2.07. The molecule has 1 heterocycles. The molecule has 1 amide bonds. The zero-order chi connectivity index (χ0) is 24.0. The molecule has 174 valence electrons. The summed E-state index contributed by atoms with van der Waals surface area (Å²) in [7, 11) is 1.55. The lowest BCUT2D eigenvalue weighted by atomic mass is 10.1. The lowest BCUT2D eigenvalue weighted by Crippen LogP contribution is -2.30. The summed E-state index contributed by atoms with van der Waals surface area (Å²) >= 11 is 16.0. The number of benzene rings is 2. The first-order valence-electron chi connectivity index (χ1n) is 9.98. The van der Waals surface area contributed by atoms with Crippen LogP contribution in [-0.4, -0.2) is 41.4 Å². The molecule has 0 radical (unpaired) electrons. The van der Waals surface area contributed by atoms with Crippen molar-refractivity contribution in [3.8, 4) is 11.5 Å². The smallest absolute Gasteiger partial charge is 0.307 e. The second-order valence-electron chi connectivity index (χ2n) is 6.84. The molecule has 0 aromatic heterocycles. The number of rotatable bonds is 9. The molecule has 2 aromatic rings. The van der Waals surface area contributed by atoms with Gasteiger partial charge in [-0.3, -0.25) is 14.5 Å². The molecular weight excluding hydrogens is 550 g/mol. The largest absolute Gasteiger partial charge is 0.493 e. The van der Waals surface area contributed by atoms with Crippen LogP contribution in [0.2, 0.25) is 5.02 Å². The predicted molar refractivity (Wildman–Crippen MR) is 138 cm³/mol. The number of methoxy groups -OCH3 is 1. The Kier molecular flexibility index (Phi) is 9.19. The minimum Gasteiger partial charge on any atom is -0.493 e. The topological polar surface area (TPSA) is 65.1 Å². The van der Waals surface area contributed by atoms with Crippen molar-refractivity contribution in [2.75, 3.05) is 20.3 Å². The molecule has 6 nitrogen and oxygen atoms in total. The van der Waals surface area contributed by atoms with Gasteiger partial charge in [-0.25, -0.2) is 0 Å². The molecule has 0 spiro atoms. The lowest BCUT2D eigenvalue weighted by molar-refractivity contribution is -0.143. The van der Waals surface area contributed by atoms with Crippen LogP contribution in [0.1, 0.15) is 24.5 Å². The Labute approximate surface area is 215 Å². The minimum absolute atomic E-state index is 0.0899. The van der Waals surface area contributed by atoms with Gasteiger partial charge in [-0.1, -0.05) is 47.7 Å². The Balaban J connectivity index is 1.74. The van der Waals surface area contributed by atoms with Gasteiger partial charge < -0.3 is 14.2 Å². The van der Waals surface area contributed by atoms with Crippen LogP contribution in [0.4, 0.5) is 0 Å². The highest BCUT2D eigenvalue weighted by atomic mass is 79.9. The predicted octanol–water partition coefficient (Wildman–Crippen LogP) is 5.84. The van der Waals surface area contributed by atoms with Crippen molar-refractivity contribution in [3.05, 3.63) is 61.9 Å². The summed E-state index contributed by atoms with van der Waals surface area (Å²) in [6.45, 7) is 2.56. The zero-order valence-corrected chi connectivity index (χ0v) is 21.9. The highest BCUT2D eigenvalue weighted by molar-refractivity contribution is 9.10. The van der Waals surface area contributed by atoms with E-state index in [1.54, 1.807) is 38.3 Å². The number of carbonyl (C=O) groups excluding carboxylic acids is 2. The van der Waals surface area contributed by atoms with E-state index in [1.807, 2.05) is 18.2 Å². The van der Waals surface area contributed by atoms with Gasteiger partial charge in [0.1, 0.15) is 10.9 Å². The molecule has 1 fully saturated rings. The Morgan fingerprint density at radius 2 is 2.00 bits per heavy atom. The number of thiocarbonyl (C=S) groups is 1. The number of hydrogen-bond acceptors (Lipinski definition) is 7. The highest BCUT2D eigenvalue weighted by Gasteiger charge is 2.32. The summed E-state index contributed by atoms with van der Waals surface area (Å²) in [5.74, 6) is 0.458. The monoisotopic (exact) mass is 569 g/mol. The average Bonchev–Trinajstić information content (AvgIpc) is 3.04. The molecule has 33 heavy (non-hydrogen) atoms. The highest BCUT2D eigenvalue weighted by Crippen LogP contribution is 2.39. The van der Waals surface area contributed by atoms with Crippen molar-refractivity contribution in [1.29, 1.82) is 0 Å². The molecule has 0 saturated carbocycles. The molecule has 10 heteroatoms. The fraction of sp³-hybridized carbons (Fsp3) is 0.261. The first-order chi connectivity index (χ1) is 15.8. The molecule has 1 saturated heterocycles. The summed E-state index contributed by atoms with van der Waals surface area (Å²) in [6, 6.07) is 11.0. The summed E-state index contributed by atoms with van der Waals surface area (Å²) in [6.07, 6.45) is 1.83. The van der Waals surface area contributed by atoms with Crippen molar-refractivity contribution in [2.24, 2.45) is 0 Å². The van der Waals surface area contributed by atoms with Gasteiger partial charge >= 0.3 is 5.97 Å². The molecule has 3 rings (SSSR count). The molecule has 1 aliphatic heterocycles. The van der Waals surface area contributed by atoms with E-state index in [1.165, 1.54) is 16.7 Å². The summed E-state index contributed by atoms with van der Waals surface area (Å²) in [5, 5.41) is 0.660. The van der Waals surface area contributed by atoms with Gasteiger partial charge in [0.05, 0.1) is 29.5 Å². The number of ether oxygens (including phenoxy) is 3. The van der Waals surface area contributed by atoms with Gasteiger partial charge in [0.25, 0.3) is 5.91 Å². The first kappa shape index (κ1) is 25.6. The van der Waals surface area contributed by atoms with E-state index in [2.05, 4.69) is 15.9 Å². The van der Waals surface area contributed by atoms with Crippen LogP contribution in [0, 0.1) is 0 Å². The zero-order valence-electron chi connectivity index (χ0n) is 17.9. The van der Waals surface area contributed by atoms with Crippen LogP contribution in [0.25, 0.3) is 6.08 Å². The van der Waals surface area contributed by atoms with E-state index in [0.29, 0.717) is 43.4 Å². The number of esters is 1. The molecule has 1 aliphatic rings. The second kappa shape index (κ2) is 11.9. The van der Waals surface area contributed by atoms with Crippen molar-refractivity contribution in [2.45, 2.75) is 20.0 Å². The van der Waals surface area contributed by atoms with E-state index in [-0.39, 0.29) is 24.8 Å². The first-order valence-corrected chi connectivity index (χ1v) is 12.4. The number of carbonyl (C=O) groups is 2. The van der Waals surface area contributed by atoms with Crippen LogP contribution in [0.5, 0.6) is 11.5 Å². The van der Waals surface area contributed by atoms with Crippen molar-refractivity contribution in [1.82, 2.24) is 4.90 Å². The van der Waals surface area contributed by atoms with Crippen molar-refractivity contribution >= 4 is 73.8 Å². The molecular formula is C23H21BrClNO5S2. The van der Waals surface area contributed by atoms with E-state index in [0.717, 1.165) is 11.1 Å². The third-order valence-corrected chi connectivity index (χ3v) is 6.78. The third kappa shape index (κ3) is 6.72. The van der Waals surface area contributed by atoms with Gasteiger partial charge in [-0.05, 0) is 64.3 Å². The van der Waals surface area contributed by atoms with Crippen LogP contribution in [-0.2, 0) is 20.9 Å². The van der Waals surface area contributed by atoms with E-state index >= 15 is 0 Å². The van der Waals surface area contributed by atoms with Crippen LogP contribution in [0.3, 0.4) is 0 Å². The normalized spacial score (nSPS) is 14.7. The summed E-state index contributed by atoms with van der Waals surface area (Å²) < 4.78 is 17.5. The minimum atomic E-state index is -0.363. The fourth-order valence-corrected chi connectivity index (χ4v) is 4.99. The SMILES string of the molecule is CCOC(=O)CCN1C(=O)/C(=C/c2cc(Br)c(OCc3ccc(Cl)cc3)c(OC)c2)SC1=S. The molecule has 0 unspecified atom stereocenters. The number of amides is 1. The Bertz CT molecular complexity index is 1090. The third-order valence-electron chi connectivity index (χ3n) is 4.56. The second-order valence-corrected chi connectivity index (χ2v) is 9.80. The standard InChI is InChI=1S/C23H21BrClNO5S2/c1-3-30-20(27)8-9-26-22(28)19(33-23(26)32)12-15-10-17(24)21(18(11-15)29-2)31-13-14-4-6-16(25)7-5-14/h4-7,10-12H,3,8-9,13H2,1-2H3/b19-12-. The maximum Gasteiger partial charge on any atom is 0.307 e. The number of nitrogens with zero attached hydrogens (tertiary/aromatic N) is 1. The van der Waals surface area contributed by atoms with Gasteiger partial charge in [-0.2, -0.15) is 0 Å². The lowest BCUT2D eigenvalue weighted by Gasteiger charge is -2.14. The Morgan fingerprint density at radius 3 is 2.67 bits per heavy atom. The quantitative estimate of drug-likeness (QED) is 0.213. The van der Waals surface area contributed by atoms with Crippen molar-refractivity contribution in [3.63, 3.8) is 0 Å². The molecule has 2 aromatic carbocycles. The number of thioether (sulfide) groups is 1. The van der Waals surface area contributed by atoms with E-state index in [4.69, 9.17) is 38.0 Å². The average molecular weight is 571 g/mol. The number of hydrogen-bond donors (Lipinski definition) is 0. The summed E-state index contributed by atoms with van der Waals surface area (Å²) in [5.41, 5.74) is 1.70. The van der Waals surface area contributed by atoms with Gasteiger partial charge in [0.2, 0.25) is 0 Å². The van der Waals surface area contributed by atoms with Crippen LogP contribution in [0.15, 0.2) is 45.8 Å². The van der Waals surface area contributed by atoms with Crippen LogP contribution >= 0.6 is 51.5 Å². The molecule has 0 aliphatic carbocycles. The van der Waals surface area contributed by atoms with Gasteiger partial charge in [0, 0.05) is 11.6 Å². The fourth-order valence-electron chi connectivity index (χ4n) is 2.98. The van der Waals surface area contributed by atoms with E-state index in [9.17, 15) is 9.59 Å². The number of halogens is 2. The van der Waals surface area contributed by atoms with Gasteiger partial charge in [0.15, 0.2) is 11.5 Å². The van der Waals surface area contributed by atoms with Gasteiger partial charge in [-0.15, -0.1) is 0 Å². The molecule has 0 N–H and O–H groups in total. The maximum atomic E-state index is 12.8.